The number of nitrogens with one attached hydrogen (secondary N) is 2. The van der Waals surface area contributed by atoms with Crippen molar-refractivity contribution in [2.75, 3.05) is 25.9 Å². The monoisotopic (exact) mass is 554 g/mol. The Balaban J connectivity index is 0.00000420. The van der Waals surface area contributed by atoms with Crippen LogP contribution in [0, 0.1) is 5.92 Å². The number of halogens is 1. The van der Waals surface area contributed by atoms with Crippen molar-refractivity contribution in [3.05, 3.63) is 35.4 Å². The largest absolute Gasteiger partial charge is 0.352 e. The van der Waals surface area contributed by atoms with Crippen molar-refractivity contribution in [1.82, 2.24) is 14.9 Å². The van der Waals surface area contributed by atoms with Gasteiger partial charge in [-0.2, -0.15) is 11.8 Å². The number of aliphatic imine (C=N–C) groups is 1. The average Bonchev–Trinajstić information content (AvgIpc) is 2.62. The summed E-state index contributed by atoms with van der Waals surface area (Å²) in [4.78, 5) is 6.78. The highest BCUT2D eigenvalue weighted by molar-refractivity contribution is 14.0. The van der Waals surface area contributed by atoms with E-state index in [0.29, 0.717) is 17.7 Å². The molecule has 0 amide bonds. The molecule has 6 nitrogen and oxygen atoms in total. The van der Waals surface area contributed by atoms with Crippen LogP contribution in [0.5, 0.6) is 0 Å². The average molecular weight is 555 g/mol. The summed E-state index contributed by atoms with van der Waals surface area (Å²) in [6, 6.07) is 7.62. The Morgan fingerprint density at radius 3 is 2.38 bits per heavy atom. The highest BCUT2D eigenvalue weighted by Crippen LogP contribution is 2.24. The molecule has 1 aliphatic rings. The molecule has 1 heterocycles. The molecule has 29 heavy (non-hydrogen) atoms. The molecule has 0 aromatic heterocycles. The zero-order valence-electron chi connectivity index (χ0n) is 18.0. The van der Waals surface area contributed by atoms with Gasteiger partial charge in [0.15, 0.2) is 5.96 Å². The maximum Gasteiger partial charge on any atom is 0.216 e. The van der Waals surface area contributed by atoms with E-state index < -0.39 is 10.0 Å². The van der Waals surface area contributed by atoms with Crippen LogP contribution in [0.1, 0.15) is 38.8 Å². The molecule has 0 bridgehead atoms. The third kappa shape index (κ3) is 9.02. The van der Waals surface area contributed by atoms with Crippen molar-refractivity contribution in [3.8, 4) is 0 Å². The van der Waals surface area contributed by atoms with Crippen LogP contribution in [0.4, 0.5) is 0 Å². The lowest BCUT2D eigenvalue weighted by molar-refractivity contribution is 0.380. The van der Waals surface area contributed by atoms with E-state index in [4.69, 9.17) is 0 Å². The van der Waals surface area contributed by atoms with E-state index in [9.17, 15) is 8.42 Å². The molecule has 166 valence electrons. The third-order valence-electron chi connectivity index (χ3n) is 4.59. The number of benzene rings is 1. The van der Waals surface area contributed by atoms with Crippen molar-refractivity contribution >= 4 is 51.7 Å². The first-order chi connectivity index (χ1) is 13.2. The second-order valence-electron chi connectivity index (χ2n) is 7.85. The highest BCUT2D eigenvalue weighted by Gasteiger charge is 2.24. The Bertz CT molecular complexity index is 752. The number of thioether (sulfide) groups is 1. The molecule has 1 aromatic rings. The Morgan fingerprint density at radius 1 is 1.21 bits per heavy atom. The molecule has 0 saturated carbocycles. The van der Waals surface area contributed by atoms with E-state index in [1.807, 2.05) is 56.9 Å². The fraction of sp³-hybridized carbons (Fsp3) is 0.650. The summed E-state index contributed by atoms with van der Waals surface area (Å²) in [5.41, 5.74) is 1.89. The summed E-state index contributed by atoms with van der Waals surface area (Å²) in [7, 11) is -1.47. The zero-order chi connectivity index (χ0) is 20.7. The van der Waals surface area contributed by atoms with Crippen LogP contribution in [0.2, 0.25) is 0 Å². The van der Waals surface area contributed by atoms with Gasteiger partial charge in [-0.3, -0.25) is 4.99 Å². The summed E-state index contributed by atoms with van der Waals surface area (Å²) in [6.45, 7) is 10.9. The Labute approximate surface area is 197 Å². The molecule has 2 rings (SSSR count). The molecule has 9 heteroatoms. The Hall–Kier alpha value is -0.520. The number of guanidine groups is 1. The van der Waals surface area contributed by atoms with E-state index in [1.54, 1.807) is 0 Å². The molecule has 0 aliphatic carbocycles. The van der Waals surface area contributed by atoms with Crippen LogP contribution in [-0.4, -0.2) is 56.5 Å². The van der Waals surface area contributed by atoms with E-state index >= 15 is 0 Å². The molecule has 1 aliphatic heterocycles. The van der Waals surface area contributed by atoms with Crippen LogP contribution in [0.3, 0.4) is 0 Å². The van der Waals surface area contributed by atoms with Crippen LogP contribution < -0.4 is 10.0 Å². The van der Waals surface area contributed by atoms with Crippen LogP contribution in [0.15, 0.2) is 29.3 Å². The Kier molecular flexibility index (Phi) is 11.3. The standard InChI is InChI=1S/C20H34N4O2S2.HI/c1-15(2)19-13-24(10-11-27-19)20(21-5)22-12-17-6-8-18(9-7-17)14-28(25,26)23-16(3)4;/h6-9,15-16,19,23H,10-14H2,1-5H3,(H,21,22);1H. The lowest BCUT2D eigenvalue weighted by Crippen LogP contribution is -2.48. The van der Waals surface area contributed by atoms with Gasteiger partial charge in [0.25, 0.3) is 0 Å². The van der Waals surface area contributed by atoms with Gasteiger partial charge in [0.05, 0.1) is 5.75 Å². The smallest absolute Gasteiger partial charge is 0.216 e. The summed E-state index contributed by atoms with van der Waals surface area (Å²) in [5, 5.41) is 4.08. The van der Waals surface area contributed by atoms with Gasteiger partial charge in [0, 0.05) is 43.7 Å². The molecular weight excluding hydrogens is 519 g/mol. The SMILES string of the molecule is CN=C(NCc1ccc(CS(=O)(=O)NC(C)C)cc1)N1CCSC(C(C)C)C1.I. The molecule has 1 saturated heterocycles. The summed E-state index contributed by atoms with van der Waals surface area (Å²) < 4.78 is 26.7. The third-order valence-corrected chi connectivity index (χ3v) is 7.68. The van der Waals surface area contributed by atoms with E-state index in [0.717, 1.165) is 35.9 Å². The number of sulfonamides is 1. The quantitative estimate of drug-likeness (QED) is 0.308. The Morgan fingerprint density at radius 2 is 1.83 bits per heavy atom. The van der Waals surface area contributed by atoms with Crippen molar-refractivity contribution in [3.63, 3.8) is 0 Å². The summed E-state index contributed by atoms with van der Waals surface area (Å²) >= 11 is 2.05. The topological polar surface area (TPSA) is 73.8 Å². The molecule has 2 N–H and O–H groups in total. The number of rotatable bonds is 7. The van der Waals surface area contributed by atoms with Crippen LogP contribution in [-0.2, 0) is 22.3 Å². The van der Waals surface area contributed by atoms with E-state index in [2.05, 4.69) is 33.8 Å². The van der Waals surface area contributed by atoms with Gasteiger partial charge in [-0.05, 0) is 30.9 Å². The van der Waals surface area contributed by atoms with Crippen molar-refractivity contribution < 1.29 is 8.42 Å². The van der Waals surface area contributed by atoms with Gasteiger partial charge in [-0.15, -0.1) is 24.0 Å². The molecule has 1 fully saturated rings. The lowest BCUT2D eigenvalue weighted by atomic mass is 10.1. The summed E-state index contributed by atoms with van der Waals surface area (Å²) in [6.07, 6.45) is 0. The van der Waals surface area contributed by atoms with Crippen molar-refractivity contribution in [2.24, 2.45) is 10.9 Å². The first kappa shape index (κ1) is 26.5. The normalized spacial score (nSPS) is 18.1. The lowest BCUT2D eigenvalue weighted by Gasteiger charge is -2.36. The second kappa shape index (κ2) is 12.4. The molecule has 1 atom stereocenters. The van der Waals surface area contributed by atoms with Gasteiger partial charge in [0.1, 0.15) is 0 Å². The minimum absolute atomic E-state index is 0. The van der Waals surface area contributed by atoms with Crippen LogP contribution in [0.25, 0.3) is 0 Å². The first-order valence-corrected chi connectivity index (χ1v) is 12.6. The van der Waals surface area contributed by atoms with E-state index in [1.165, 1.54) is 0 Å². The zero-order valence-corrected chi connectivity index (χ0v) is 22.0. The van der Waals surface area contributed by atoms with Gasteiger partial charge >= 0.3 is 0 Å². The minimum atomic E-state index is -3.30. The molecule has 1 aromatic carbocycles. The minimum Gasteiger partial charge on any atom is -0.352 e. The predicted molar refractivity (Wildman–Crippen MR) is 136 cm³/mol. The molecule has 0 spiro atoms. The molecule has 0 radical (unpaired) electrons. The van der Waals surface area contributed by atoms with Crippen molar-refractivity contribution in [1.29, 1.82) is 0 Å². The van der Waals surface area contributed by atoms with Gasteiger partial charge in [0.2, 0.25) is 10.0 Å². The van der Waals surface area contributed by atoms with Gasteiger partial charge in [-0.25, -0.2) is 13.1 Å². The number of nitrogens with zero attached hydrogens (tertiary/aromatic N) is 2. The maximum atomic E-state index is 12.1. The number of hydrogen-bond donors (Lipinski definition) is 2. The van der Waals surface area contributed by atoms with E-state index in [-0.39, 0.29) is 35.8 Å². The first-order valence-electron chi connectivity index (χ1n) is 9.85. The fourth-order valence-corrected chi connectivity index (χ4v) is 5.89. The molecular formula is C20H35IN4O2S2. The predicted octanol–water partition coefficient (Wildman–Crippen LogP) is 3.28. The maximum absolute atomic E-state index is 12.1. The van der Waals surface area contributed by atoms with Crippen LogP contribution >= 0.6 is 35.7 Å². The fourth-order valence-electron chi connectivity index (χ4n) is 3.16. The number of hydrogen-bond acceptors (Lipinski definition) is 4. The summed E-state index contributed by atoms with van der Waals surface area (Å²) in [5.74, 6) is 2.71. The van der Waals surface area contributed by atoms with Gasteiger partial charge in [-0.1, -0.05) is 38.1 Å². The van der Waals surface area contributed by atoms with Crippen molar-refractivity contribution in [2.45, 2.75) is 51.3 Å². The second-order valence-corrected chi connectivity index (χ2v) is 10.9. The highest BCUT2D eigenvalue weighted by atomic mass is 127. The van der Waals surface area contributed by atoms with Gasteiger partial charge < -0.3 is 10.2 Å². The molecule has 1 unspecified atom stereocenters.